The van der Waals surface area contributed by atoms with E-state index in [0.29, 0.717) is 30.3 Å². The van der Waals surface area contributed by atoms with E-state index in [-0.39, 0.29) is 5.91 Å². The van der Waals surface area contributed by atoms with Crippen molar-refractivity contribution >= 4 is 30.3 Å². The number of alkyl carbamates (subject to hydrolysis) is 1. The van der Waals surface area contributed by atoms with Crippen LogP contribution in [0.1, 0.15) is 26.3 Å². The van der Waals surface area contributed by atoms with Gasteiger partial charge in [-0.15, -0.1) is 12.6 Å². The molecule has 0 saturated heterocycles. The van der Waals surface area contributed by atoms with Crippen LogP contribution >= 0.6 is 12.6 Å². The number of methoxy groups -OCH3 is 2. The molecule has 9 heteroatoms. The standard InChI is InChI=1S/C19H27N3O5S/c1-19(2,3)27-18(24)20-8-9-22-14(11-16(23)21-17(22)28)13-7-6-12(25-4)10-15(13)26-5/h6-7,10-11,17,28H,8-9H2,1-5H3,(H,20,24)(H,21,23). The highest BCUT2D eigenvalue weighted by Crippen LogP contribution is 2.34. The first-order valence-corrected chi connectivity index (χ1v) is 9.32. The zero-order valence-corrected chi connectivity index (χ0v) is 17.6. The molecule has 2 amide bonds. The fourth-order valence-electron chi connectivity index (χ4n) is 2.66. The third-order valence-electron chi connectivity index (χ3n) is 3.85. The first-order chi connectivity index (χ1) is 13.1. The van der Waals surface area contributed by atoms with Crippen LogP contribution in [-0.2, 0) is 9.53 Å². The molecule has 1 aliphatic rings. The van der Waals surface area contributed by atoms with Crippen molar-refractivity contribution in [2.75, 3.05) is 27.3 Å². The van der Waals surface area contributed by atoms with Crippen molar-refractivity contribution in [1.82, 2.24) is 15.5 Å². The van der Waals surface area contributed by atoms with Gasteiger partial charge < -0.3 is 29.7 Å². The molecule has 0 fully saturated rings. The van der Waals surface area contributed by atoms with Crippen molar-refractivity contribution in [3.05, 3.63) is 29.8 Å². The van der Waals surface area contributed by atoms with E-state index in [4.69, 9.17) is 14.2 Å². The van der Waals surface area contributed by atoms with Gasteiger partial charge in [0, 0.05) is 30.8 Å². The molecule has 8 nitrogen and oxygen atoms in total. The number of benzene rings is 1. The van der Waals surface area contributed by atoms with E-state index in [1.807, 2.05) is 11.0 Å². The van der Waals surface area contributed by atoms with Crippen LogP contribution in [0.4, 0.5) is 4.79 Å². The number of amides is 2. The van der Waals surface area contributed by atoms with Gasteiger partial charge in [0.1, 0.15) is 22.6 Å². The number of ether oxygens (including phenoxy) is 3. The van der Waals surface area contributed by atoms with Crippen LogP contribution < -0.4 is 20.1 Å². The number of carbonyl (C=O) groups excluding carboxylic acids is 2. The molecule has 154 valence electrons. The fraction of sp³-hybridized carbons (Fsp3) is 0.474. The van der Waals surface area contributed by atoms with Crippen molar-refractivity contribution < 1.29 is 23.8 Å². The summed E-state index contributed by atoms with van der Waals surface area (Å²) in [5.74, 6) is 0.942. The Morgan fingerprint density at radius 3 is 2.61 bits per heavy atom. The van der Waals surface area contributed by atoms with E-state index in [1.165, 1.54) is 6.08 Å². The number of carbonyl (C=O) groups is 2. The zero-order chi connectivity index (χ0) is 20.9. The molecule has 0 aliphatic carbocycles. The monoisotopic (exact) mass is 409 g/mol. The van der Waals surface area contributed by atoms with Gasteiger partial charge in [-0.05, 0) is 32.9 Å². The summed E-state index contributed by atoms with van der Waals surface area (Å²) >= 11 is 4.46. The molecular formula is C19H27N3O5S. The summed E-state index contributed by atoms with van der Waals surface area (Å²) < 4.78 is 15.9. The summed E-state index contributed by atoms with van der Waals surface area (Å²) in [5.41, 5.74) is 0.222. The van der Waals surface area contributed by atoms with Crippen molar-refractivity contribution in [2.24, 2.45) is 0 Å². The van der Waals surface area contributed by atoms with Gasteiger partial charge in [-0.3, -0.25) is 4.79 Å². The highest BCUT2D eigenvalue weighted by atomic mass is 32.1. The number of nitrogens with zero attached hydrogens (tertiary/aromatic N) is 1. The minimum atomic E-state index is -0.573. The van der Waals surface area contributed by atoms with Gasteiger partial charge in [0.25, 0.3) is 0 Å². The van der Waals surface area contributed by atoms with Crippen LogP contribution in [0.25, 0.3) is 5.70 Å². The van der Waals surface area contributed by atoms with E-state index in [1.54, 1.807) is 47.1 Å². The largest absolute Gasteiger partial charge is 0.497 e. The van der Waals surface area contributed by atoms with Gasteiger partial charge in [-0.1, -0.05) is 0 Å². The minimum Gasteiger partial charge on any atom is -0.497 e. The SMILES string of the molecule is COc1ccc(C2=CC(=O)NC(S)N2CCNC(=O)OC(C)(C)C)c(OC)c1. The quantitative estimate of drug-likeness (QED) is 0.625. The molecule has 1 atom stereocenters. The molecule has 0 spiro atoms. The second-order valence-corrected chi connectivity index (χ2v) is 7.59. The summed E-state index contributed by atoms with van der Waals surface area (Å²) in [5, 5.41) is 5.44. The summed E-state index contributed by atoms with van der Waals surface area (Å²) in [4.78, 5) is 25.8. The lowest BCUT2D eigenvalue weighted by molar-refractivity contribution is -0.117. The van der Waals surface area contributed by atoms with Gasteiger partial charge in [0.05, 0.1) is 19.9 Å². The lowest BCUT2D eigenvalue weighted by Gasteiger charge is -2.36. The highest BCUT2D eigenvalue weighted by molar-refractivity contribution is 7.80. The Morgan fingerprint density at radius 1 is 1.29 bits per heavy atom. The molecule has 1 aromatic rings. The third-order valence-corrected chi connectivity index (χ3v) is 4.26. The molecule has 1 aliphatic heterocycles. The lowest BCUT2D eigenvalue weighted by atomic mass is 10.1. The molecule has 1 unspecified atom stereocenters. The maximum atomic E-state index is 12.0. The van der Waals surface area contributed by atoms with Crippen LogP contribution in [0, 0.1) is 0 Å². The zero-order valence-electron chi connectivity index (χ0n) is 16.7. The van der Waals surface area contributed by atoms with Gasteiger partial charge in [-0.2, -0.15) is 0 Å². The Kier molecular flexibility index (Phi) is 7.06. The van der Waals surface area contributed by atoms with Crippen molar-refractivity contribution in [3.63, 3.8) is 0 Å². The normalized spacial score (nSPS) is 16.8. The van der Waals surface area contributed by atoms with E-state index in [9.17, 15) is 9.59 Å². The molecule has 2 N–H and O–H groups in total. The smallest absolute Gasteiger partial charge is 0.407 e. The summed E-state index contributed by atoms with van der Waals surface area (Å²) in [6.07, 6.45) is 0.974. The molecule has 0 radical (unpaired) electrons. The van der Waals surface area contributed by atoms with Crippen LogP contribution in [-0.4, -0.2) is 55.3 Å². The molecule has 1 heterocycles. The van der Waals surface area contributed by atoms with Crippen LogP contribution in [0.3, 0.4) is 0 Å². The first-order valence-electron chi connectivity index (χ1n) is 8.81. The number of hydrogen-bond donors (Lipinski definition) is 3. The Hall–Kier alpha value is -2.55. The third kappa shape index (κ3) is 5.72. The number of thiol groups is 1. The summed E-state index contributed by atoms with van der Waals surface area (Å²) in [7, 11) is 3.12. The summed E-state index contributed by atoms with van der Waals surface area (Å²) in [6.45, 7) is 6.10. The van der Waals surface area contributed by atoms with E-state index in [0.717, 1.165) is 5.56 Å². The predicted octanol–water partition coefficient (Wildman–Crippen LogP) is 2.21. The van der Waals surface area contributed by atoms with Gasteiger partial charge in [-0.25, -0.2) is 4.79 Å². The van der Waals surface area contributed by atoms with Crippen LogP contribution in [0.5, 0.6) is 11.5 Å². The van der Waals surface area contributed by atoms with E-state index < -0.39 is 17.2 Å². The average Bonchev–Trinajstić information content (AvgIpc) is 2.61. The van der Waals surface area contributed by atoms with Crippen LogP contribution in [0.15, 0.2) is 24.3 Å². The Morgan fingerprint density at radius 2 is 2.00 bits per heavy atom. The molecule has 2 rings (SSSR count). The van der Waals surface area contributed by atoms with Gasteiger partial charge in [0.15, 0.2) is 0 Å². The van der Waals surface area contributed by atoms with Crippen LogP contribution in [0.2, 0.25) is 0 Å². The molecule has 28 heavy (non-hydrogen) atoms. The minimum absolute atomic E-state index is 0.260. The van der Waals surface area contributed by atoms with Gasteiger partial charge in [0.2, 0.25) is 5.91 Å². The average molecular weight is 410 g/mol. The van der Waals surface area contributed by atoms with Crippen molar-refractivity contribution in [1.29, 1.82) is 0 Å². The Bertz CT molecular complexity index is 760. The van der Waals surface area contributed by atoms with Crippen molar-refractivity contribution in [3.8, 4) is 11.5 Å². The second-order valence-electron chi connectivity index (χ2n) is 7.10. The maximum absolute atomic E-state index is 12.0. The second kappa shape index (κ2) is 9.09. The van der Waals surface area contributed by atoms with Crippen molar-refractivity contribution in [2.45, 2.75) is 31.9 Å². The molecule has 1 aromatic carbocycles. The molecule has 0 aromatic heterocycles. The topological polar surface area (TPSA) is 89.1 Å². The first kappa shape index (κ1) is 21.7. The number of rotatable bonds is 6. The number of nitrogens with one attached hydrogen (secondary N) is 2. The molecule has 0 bridgehead atoms. The van der Waals surface area contributed by atoms with E-state index in [2.05, 4.69) is 23.3 Å². The number of hydrogen-bond acceptors (Lipinski definition) is 7. The summed E-state index contributed by atoms with van der Waals surface area (Å²) in [6, 6.07) is 5.35. The maximum Gasteiger partial charge on any atom is 0.407 e. The molecule has 0 saturated carbocycles. The highest BCUT2D eigenvalue weighted by Gasteiger charge is 2.27. The Labute approximate surface area is 170 Å². The lowest BCUT2D eigenvalue weighted by Crippen LogP contribution is -2.49. The molecular weight excluding hydrogens is 382 g/mol. The Balaban J connectivity index is 2.19. The fourth-order valence-corrected chi connectivity index (χ4v) is 3.03. The van der Waals surface area contributed by atoms with E-state index >= 15 is 0 Å². The predicted molar refractivity (Wildman–Crippen MR) is 109 cm³/mol. The van der Waals surface area contributed by atoms with Gasteiger partial charge >= 0.3 is 6.09 Å².